The second-order valence-corrected chi connectivity index (χ2v) is 7.47. The number of hydrogen-bond acceptors (Lipinski definition) is 2. The van der Waals surface area contributed by atoms with Gasteiger partial charge < -0.3 is 5.11 Å². The van der Waals surface area contributed by atoms with Crippen LogP contribution >= 0.6 is 23.2 Å². The highest BCUT2D eigenvalue weighted by Crippen LogP contribution is 2.45. The number of anilines is 2. The van der Waals surface area contributed by atoms with Crippen molar-refractivity contribution in [1.82, 2.24) is 0 Å². The van der Waals surface area contributed by atoms with Gasteiger partial charge in [0, 0.05) is 21.3 Å². The number of carboxylic acids is 1. The van der Waals surface area contributed by atoms with E-state index in [1.54, 1.807) is 24.3 Å². The SMILES string of the molecule is O=C(O)c1ccc(N2C(=O)C(Cc3c(Cl)cccc3Cl)c3c(F)cccc32)cc1. The Kier molecular flexibility index (Phi) is 5.03. The monoisotopic (exact) mass is 429 g/mol. The second kappa shape index (κ2) is 7.50. The van der Waals surface area contributed by atoms with E-state index in [0.717, 1.165) is 0 Å². The fourth-order valence-corrected chi connectivity index (χ4v) is 4.16. The molecule has 7 heteroatoms. The Balaban J connectivity index is 1.79. The normalized spacial score (nSPS) is 15.5. The molecular formula is C22H14Cl2FNO3. The molecule has 1 amide bonds. The van der Waals surface area contributed by atoms with E-state index in [0.29, 0.717) is 27.0 Å². The van der Waals surface area contributed by atoms with Gasteiger partial charge in [0.1, 0.15) is 5.82 Å². The third-order valence-electron chi connectivity index (χ3n) is 4.98. The van der Waals surface area contributed by atoms with Gasteiger partial charge in [-0.2, -0.15) is 0 Å². The van der Waals surface area contributed by atoms with Crippen LogP contribution in [0.4, 0.5) is 15.8 Å². The van der Waals surface area contributed by atoms with Crippen LogP contribution in [0.15, 0.2) is 60.7 Å². The number of carbonyl (C=O) groups is 2. The van der Waals surface area contributed by atoms with Crippen LogP contribution in [0.2, 0.25) is 10.0 Å². The molecule has 3 aromatic carbocycles. The molecule has 0 aliphatic carbocycles. The number of nitrogens with zero attached hydrogens (tertiary/aromatic N) is 1. The van der Waals surface area contributed by atoms with Crippen molar-refractivity contribution in [3.63, 3.8) is 0 Å². The molecule has 1 aliphatic heterocycles. The fourth-order valence-electron chi connectivity index (χ4n) is 3.60. The van der Waals surface area contributed by atoms with Crippen molar-refractivity contribution >= 4 is 46.5 Å². The Labute approximate surface area is 176 Å². The molecular weight excluding hydrogens is 416 g/mol. The van der Waals surface area contributed by atoms with Crippen LogP contribution in [-0.4, -0.2) is 17.0 Å². The average molecular weight is 430 g/mol. The Morgan fingerprint density at radius 3 is 2.24 bits per heavy atom. The molecule has 1 aliphatic rings. The standard InChI is InChI=1S/C22H14Cl2FNO3/c23-16-3-1-4-17(24)14(16)11-15-20-18(25)5-2-6-19(20)26(21(15)27)13-9-7-12(8-10-13)22(28)29/h1-10,15H,11H2,(H,28,29). The number of rotatable bonds is 4. The van der Waals surface area contributed by atoms with Gasteiger partial charge in [0.2, 0.25) is 5.91 Å². The number of hydrogen-bond donors (Lipinski definition) is 1. The summed E-state index contributed by atoms with van der Waals surface area (Å²) < 4.78 is 14.8. The number of carbonyl (C=O) groups excluding carboxylic acids is 1. The van der Waals surface area contributed by atoms with Crippen LogP contribution in [0, 0.1) is 5.82 Å². The molecule has 4 nitrogen and oxygen atoms in total. The number of aromatic carboxylic acids is 1. The van der Waals surface area contributed by atoms with Gasteiger partial charge in [0.25, 0.3) is 0 Å². The summed E-state index contributed by atoms with van der Waals surface area (Å²) in [6, 6.07) is 15.4. The maximum atomic E-state index is 14.8. The zero-order valence-corrected chi connectivity index (χ0v) is 16.4. The predicted octanol–water partition coefficient (Wildman–Crippen LogP) is 5.84. The zero-order valence-electron chi connectivity index (χ0n) is 14.9. The van der Waals surface area contributed by atoms with Gasteiger partial charge in [-0.3, -0.25) is 9.69 Å². The first-order chi connectivity index (χ1) is 13.9. The number of amides is 1. The Morgan fingerprint density at radius 2 is 1.62 bits per heavy atom. The molecule has 1 N–H and O–H groups in total. The van der Waals surface area contributed by atoms with Crippen LogP contribution in [0.25, 0.3) is 0 Å². The van der Waals surface area contributed by atoms with Crippen molar-refractivity contribution < 1.29 is 19.1 Å². The van der Waals surface area contributed by atoms with E-state index in [-0.39, 0.29) is 23.5 Å². The summed E-state index contributed by atoms with van der Waals surface area (Å²) in [6.45, 7) is 0. The molecule has 0 aromatic heterocycles. The highest BCUT2D eigenvalue weighted by molar-refractivity contribution is 6.36. The van der Waals surface area contributed by atoms with Gasteiger partial charge in [-0.05, 0) is 60.5 Å². The topological polar surface area (TPSA) is 57.6 Å². The molecule has 4 rings (SSSR count). The summed E-state index contributed by atoms with van der Waals surface area (Å²) in [5.74, 6) is -2.69. The smallest absolute Gasteiger partial charge is 0.335 e. The lowest BCUT2D eigenvalue weighted by atomic mass is 9.92. The largest absolute Gasteiger partial charge is 0.478 e. The summed E-state index contributed by atoms with van der Waals surface area (Å²) in [6.07, 6.45) is 0.148. The number of carboxylic acid groups (broad SMARTS) is 1. The molecule has 3 aromatic rings. The molecule has 0 saturated carbocycles. The average Bonchev–Trinajstić information content (AvgIpc) is 2.97. The van der Waals surface area contributed by atoms with E-state index in [2.05, 4.69) is 0 Å². The van der Waals surface area contributed by atoms with Crippen LogP contribution in [0.5, 0.6) is 0 Å². The molecule has 146 valence electrons. The summed E-state index contributed by atoms with van der Waals surface area (Å²) in [7, 11) is 0. The second-order valence-electron chi connectivity index (χ2n) is 6.66. The minimum absolute atomic E-state index is 0.0965. The summed E-state index contributed by atoms with van der Waals surface area (Å²) >= 11 is 12.5. The van der Waals surface area contributed by atoms with Gasteiger partial charge in [-0.15, -0.1) is 0 Å². The molecule has 0 spiro atoms. The number of benzene rings is 3. The minimum atomic E-state index is -1.07. The van der Waals surface area contributed by atoms with Crippen molar-refractivity contribution in [2.24, 2.45) is 0 Å². The third kappa shape index (κ3) is 3.37. The van der Waals surface area contributed by atoms with Crippen LogP contribution in [0.1, 0.15) is 27.4 Å². The molecule has 1 atom stereocenters. The van der Waals surface area contributed by atoms with Crippen molar-refractivity contribution in [2.75, 3.05) is 4.90 Å². The Hall–Kier alpha value is -2.89. The minimum Gasteiger partial charge on any atom is -0.478 e. The maximum absolute atomic E-state index is 14.8. The summed E-state index contributed by atoms with van der Waals surface area (Å²) in [5, 5.41) is 9.91. The predicted molar refractivity (Wildman–Crippen MR) is 110 cm³/mol. The fraction of sp³-hybridized carbons (Fsp3) is 0.0909. The number of halogens is 3. The third-order valence-corrected chi connectivity index (χ3v) is 5.69. The van der Waals surface area contributed by atoms with E-state index in [4.69, 9.17) is 28.3 Å². The Morgan fingerprint density at radius 1 is 1.00 bits per heavy atom. The molecule has 1 unspecified atom stereocenters. The quantitative estimate of drug-likeness (QED) is 0.566. The zero-order chi connectivity index (χ0) is 20.7. The molecule has 0 radical (unpaired) electrons. The molecule has 0 saturated heterocycles. The van der Waals surface area contributed by atoms with E-state index in [1.807, 2.05) is 0 Å². The molecule has 29 heavy (non-hydrogen) atoms. The van der Waals surface area contributed by atoms with Crippen molar-refractivity contribution in [3.8, 4) is 0 Å². The van der Waals surface area contributed by atoms with Gasteiger partial charge in [0.05, 0.1) is 17.2 Å². The van der Waals surface area contributed by atoms with E-state index in [9.17, 15) is 14.0 Å². The maximum Gasteiger partial charge on any atom is 0.335 e. The van der Waals surface area contributed by atoms with Gasteiger partial charge in [-0.25, -0.2) is 9.18 Å². The first kappa shape index (κ1) is 19.4. The lowest BCUT2D eigenvalue weighted by Gasteiger charge is -2.18. The Bertz CT molecular complexity index is 1110. The van der Waals surface area contributed by atoms with E-state index in [1.165, 1.54) is 41.3 Å². The van der Waals surface area contributed by atoms with Gasteiger partial charge in [0.15, 0.2) is 0 Å². The molecule has 1 heterocycles. The molecule has 0 fully saturated rings. The van der Waals surface area contributed by atoms with Crippen LogP contribution in [-0.2, 0) is 11.2 Å². The van der Waals surface area contributed by atoms with E-state index < -0.39 is 17.7 Å². The van der Waals surface area contributed by atoms with Gasteiger partial charge >= 0.3 is 5.97 Å². The van der Waals surface area contributed by atoms with Crippen molar-refractivity contribution in [2.45, 2.75) is 12.3 Å². The highest BCUT2D eigenvalue weighted by Gasteiger charge is 2.40. The summed E-state index contributed by atoms with van der Waals surface area (Å²) in [5.41, 5.74) is 1.83. The first-order valence-electron chi connectivity index (χ1n) is 8.77. The first-order valence-corrected chi connectivity index (χ1v) is 9.52. The molecule has 0 bridgehead atoms. The van der Waals surface area contributed by atoms with Crippen LogP contribution < -0.4 is 4.90 Å². The lowest BCUT2D eigenvalue weighted by molar-refractivity contribution is -0.118. The van der Waals surface area contributed by atoms with Crippen molar-refractivity contribution in [1.29, 1.82) is 0 Å². The lowest BCUT2D eigenvalue weighted by Crippen LogP contribution is -2.25. The van der Waals surface area contributed by atoms with Crippen molar-refractivity contribution in [3.05, 3.63) is 93.2 Å². The highest BCUT2D eigenvalue weighted by atomic mass is 35.5. The van der Waals surface area contributed by atoms with E-state index >= 15 is 0 Å². The number of fused-ring (bicyclic) bond motifs is 1. The summed E-state index contributed by atoms with van der Waals surface area (Å²) in [4.78, 5) is 25.8. The van der Waals surface area contributed by atoms with Crippen LogP contribution in [0.3, 0.4) is 0 Å². The van der Waals surface area contributed by atoms with Gasteiger partial charge in [-0.1, -0.05) is 35.3 Å².